The predicted octanol–water partition coefficient (Wildman–Crippen LogP) is 4.38. The van der Waals surface area contributed by atoms with Crippen molar-refractivity contribution in [2.75, 3.05) is 11.4 Å². The SMILES string of the molecule is COc1ccc(N(C(=O)c2ccccc2)S(=O)(=O)c2ccc(Cl)cc2)cc1. The number of carbonyl (C=O) groups excluding carboxylic acids is 1. The van der Waals surface area contributed by atoms with E-state index >= 15 is 0 Å². The van der Waals surface area contributed by atoms with Crippen LogP contribution in [0.1, 0.15) is 10.4 Å². The van der Waals surface area contributed by atoms with Crippen molar-refractivity contribution in [3.63, 3.8) is 0 Å². The van der Waals surface area contributed by atoms with E-state index in [2.05, 4.69) is 0 Å². The smallest absolute Gasteiger partial charge is 0.272 e. The molecule has 0 spiro atoms. The lowest BCUT2D eigenvalue weighted by Crippen LogP contribution is -2.37. The summed E-state index contributed by atoms with van der Waals surface area (Å²) in [5, 5.41) is 0.402. The third-order valence-electron chi connectivity index (χ3n) is 3.86. The van der Waals surface area contributed by atoms with Crippen LogP contribution in [0.4, 0.5) is 5.69 Å². The number of nitrogens with zero attached hydrogens (tertiary/aromatic N) is 1. The van der Waals surface area contributed by atoms with E-state index in [1.54, 1.807) is 42.5 Å². The minimum atomic E-state index is -4.15. The highest BCUT2D eigenvalue weighted by Crippen LogP contribution is 2.28. The number of benzene rings is 3. The van der Waals surface area contributed by atoms with Crippen LogP contribution in [0, 0.1) is 0 Å². The standard InChI is InChI=1S/C20H16ClNO4S/c1-26-18-11-9-17(10-12-18)22(20(23)15-5-3-2-4-6-15)27(24,25)19-13-7-16(21)8-14-19/h2-14H,1H3. The number of halogens is 1. The first-order valence-electron chi connectivity index (χ1n) is 7.98. The molecule has 5 nitrogen and oxygen atoms in total. The Morgan fingerprint density at radius 3 is 2.04 bits per heavy atom. The van der Waals surface area contributed by atoms with Crippen LogP contribution in [0.15, 0.2) is 83.8 Å². The Balaban J connectivity index is 2.14. The Bertz CT molecular complexity index is 1030. The molecular weight excluding hydrogens is 386 g/mol. The van der Waals surface area contributed by atoms with Gasteiger partial charge in [0.2, 0.25) is 0 Å². The Kier molecular flexibility index (Phi) is 5.48. The van der Waals surface area contributed by atoms with Crippen molar-refractivity contribution in [2.24, 2.45) is 0 Å². The highest BCUT2D eigenvalue weighted by Gasteiger charge is 2.31. The summed E-state index contributed by atoms with van der Waals surface area (Å²) in [7, 11) is -2.65. The molecule has 0 fully saturated rings. The first kappa shape index (κ1) is 18.9. The maximum absolute atomic E-state index is 13.2. The fourth-order valence-electron chi connectivity index (χ4n) is 2.49. The summed E-state index contributed by atoms with van der Waals surface area (Å²) in [6.45, 7) is 0. The zero-order valence-electron chi connectivity index (χ0n) is 14.4. The van der Waals surface area contributed by atoms with E-state index in [1.807, 2.05) is 0 Å². The zero-order chi connectivity index (χ0) is 19.4. The van der Waals surface area contributed by atoms with Gasteiger partial charge < -0.3 is 4.74 Å². The van der Waals surface area contributed by atoms with E-state index < -0.39 is 15.9 Å². The van der Waals surface area contributed by atoms with Gasteiger partial charge >= 0.3 is 0 Å². The Labute approximate surface area is 162 Å². The molecule has 0 aromatic heterocycles. The molecule has 0 saturated heterocycles. The van der Waals surface area contributed by atoms with Crippen LogP contribution in [-0.4, -0.2) is 21.4 Å². The van der Waals surface area contributed by atoms with Gasteiger partial charge in [-0.15, -0.1) is 0 Å². The Hall–Kier alpha value is -2.83. The van der Waals surface area contributed by atoms with E-state index in [9.17, 15) is 13.2 Å². The van der Waals surface area contributed by atoms with Crippen molar-refractivity contribution < 1.29 is 17.9 Å². The summed E-state index contributed by atoms with van der Waals surface area (Å²) in [4.78, 5) is 13.0. The average Bonchev–Trinajstić information content (AvgIpc) is 2.69. The largest absolute Gasteiger partial charge is 0.497 e. The lowest BCUT2D eigenvalue weighted by molar-refractivity contribution is 0.101. The number of methoxy groups -OCH3 is 1. The van der Waals surface area contributed by atoms with Gasteiger partial charge in [0.15, 0.2) is 0 Å². The van der Waals surface area contributed by atoms with Crippen molar-refractivity contribution in [2.45, 2.75) is 4.90 Å². The van der Waals surface area contributed by atoms with Crippen molar-refractivity contribution in [1.29, 1.82) is 0 Å². The number of ether oxygens (including phenoxy) is 1. The molecule has 3 aromatic carbocycles. The number of hydrogen-bond donors (Lipinski definition) is 0. The van der Waals surface area contributed by atoms with Crippen LogP contribution in [0.25, 0.3) is 0 Å². The lowest BCUT2D eigenvalue weighted by Gasteiger charge is -2.23. The van der Waals surface area contributed by atoms with Gasteiger partial charge in [-0.1, -0.05) is 29.8 Å². The summed E-state index contributed by atoms with van der Waals surface area (Å²) in [6, 6.07) is 20.1. The Morgan fingerprint density at radius 1 is 0.889 bits per heavy atom. The molecule has 0 radical (unpaired) electrons. The Morgan fingerprint density at radius 2 is 1.48 bits per heavy atom. The molecule has 138 valence electrons. The first-order valence-corrected chi connectivity index (χ1v) is 9.79. The molecule has 0 aliphatic rings. The number of amides is 1. The van der Waals surface area contributed by atoms with Gasteiger partial charge in [0.25, 0.3) is 15.9 Å². The van der Waals surface area contributed by atoms with Crippen LogP contribution in [-0.2, 0) is 10.0 Å². The minimum absolute atomic E-state index is 0.0352. The van der Waals surface area contributed by atoms with E-state index in [1.165, 1.54) is 43.5 Å². The lowest BCUT2D eigenvalue weighted by atomic mass is 10.2. The normalized spacial score (nSPS) is 11.0. The zero-order valence-corrected chi connectivity index (χ0v) is 15.9. The fourth-order valence-corrected chi connectivity index (χ4v) is 4.03. The third-order valence-corrected chi connectivity index (χ3v) is 5.84. The van der Waals surface area contributed by atoms with Crippen LogP contribution in [0.3, 0.4) is 0 Å². The molecule has 0 N–H and O–H groups in total. The molecule has 7 heteroatoms. The van der Waals surface area contributed by atoms with Gasteiger partial charge in [-0.3, -0.25) is 4.79 Å². The number of anilines is 1. The molecule has 27 heavy (non-hydrogen) atoms. The van der Waals surface area contributed by atoms with Gasteiger partial charge in [0.1, 0.15) is 5.75 Å². The fraction of sp³-hybridized carbons (Fsp3) is 0.0500. The highest BCUT2D eigenvalue weighted by molar-refractivity contribution is 7.93. The third kappa shape index (κ3) is 3.97. The number of rotatable bonds is 5. The van der Waals surface area contributed by atoms with Crippen molar-refractivity contribution in [1.82, 2.24) is 0 Å². The first-order chi connectivity index (χ1) is 12.9. The van der Waals surface area contributed by atoms with E-state index in [0.717, 1.165) is 4.31 Å². The number of hydrogen-bond acceptors (Lipinski definition) is 4. The van der Waals surface area contributed by atoms with Crippen LogP contribution in [0.2, 0.25) is 5.02 Å². The van der Waals surface area contributed by atoms with Crippen molar-refractivity contribution in [3.05, 3.63) is 89.4 Å². The molecule has 0 aliphatic carbocycles. The predicted molar refractivity (Wildman–Crippen MR) is 105 cm³/mol. The van der Waals surface area contributed by atoms with Crippen LogP contribution in [0.5, 0.6) is 5.75 Å². The molecule has 0 heterocycles. The summed E-state index contributed by atoms with van der Waals surface area (Å²) in [5.41, 5.74) is 0.463. The molecule has 0 aliphatic heterocycles. The highest BCUT2D eigenvalue weighted by atomic mass is 35.5. The summed E-state index contributed by atoms with van der Waals surface area (Å²) in [6.07, 6.45) is 0. The number of carbonyl (C=O) groups is 1. The minimum Gasteiger partial charge on any atom is -0.497 e. The summed E-state index contributed by atoms with van der Waals surface area (Å²) >= 11 is 5.86. The summed E-state index contributed by atoms with van der Waals surface area (Å²) < 4.78 is 32.4. The molecule has 0 bridgehead atoms. The summed E-state index contributed by atoms with van der Waals surface area (Å²) in [5.74, 6) is -0.106. The second-order valence-corrected chi connectivity index (χ2v) is 7.82. The second-order valence-electron chi connectivity index (χ2n) is 5.59. The molecule has 0 saturated carbocycles. The van der Waals surface area contributed by atoms with E-state index in [4.69, 9.17) is 16.3 Å². The second kappa shape index (κ2) is 7.82. The van der Waals surface area contributed by atoms with Gasteiger partial charge in [-0.25, -0.2) is 8.42 Å². The van der Waals surface area contributed by atoms with E-state index in [-0.39, 0.29) is 16.1 Å². The molecule has 3 aromatic rings. The van der Waals surface area contributed by atoms with Crippen LogP contribution < -0.4 is 9.04 Å². The molecule has 0 atom stereocenters. The molecule has 0 unspecified atom stereocenters. The molecular formula is C20H16ClNO4S. The van der Waals surface area contributed by atoms with Gasteiger partial charge in [-0.05, 0) is 60.7 Å². The average molecular weight is 402 g/mol. The topological polar surface area (TPSA) is 63.7 Å². The molecule has 3 rings (SSSR count). The monoisotopic (exact) mass is 401 g/mol. The van der Waals surface area contributed by atoms with Crippen molar-refractivity contribution >= 4 is 33.2 Å². The van der Waals surface area contributed by atoms with Gasteiger partial charge in [-0.2, -0.15) is 4.31 Å². The van der Waals surface area contributed by atoms with E-state index in [0.29, 0.717) is 10.8 Å². The quantitative estimate of drug-likeness (QED) is 0.636. The maximum atomic E-state index is 13.2. The van der Waals surface area contributed by atoms with Crippen molar-refractivity contribution in [3.8, 4) is 5.75 Å². The van der Waals surface area contributed by atoms with Crippen LogP contribution >= 0.6 is 11.6 Å². The van der Waals surface area contributed by atoms with Gasteiger partial charge in [0.05, 0.1) is 17.7 Å². The number of sulfonamides is 1. The van der Waals surface area contributed by atoms with Gasteiger partial charge in [0, 0.05) is 10.6 Å². The maximum Gasteiger partial charge on any atom is 0.272 e. The molecule has 1 amide bonds.